The number of hydrogen-bond donors (Lipinski definition) is 3. The summed E-state index contributed by atoms with van der Waals surface area (Å²) in [4.78, 5) is 13.6. The maximum atomic E-state index is 10.8. The number of fused-ring (bicyclic) bond motifs is 1. The summed E-state index contributed by atoms with van der Waals surface area (Å²) in [5.41, 5.74) is 7.78. The lowest BCUT2D eigenvalue weighted by Crippen LogP contribution is -2.08. The lowest BCUT2D eigenvalue weighted by molar-refractivity contribution is 0.0691. The van der Waals surface area contributed by atoms with E-state index in [9.17, 15) is 4.79 Å². The summed E-state index contributed by atoms with van der Waals surface area (Å²) in [5.74, 6) is -0.655. The Morgan fingerprint density at radius 2 is 2.25 bits per heavy atom. The summed E-state index contributed by atoms with van der Waals surface area (Å²) in [5, 5.41) is 9.77. The molecule has 2 rings (SSSR count). The molecule has 4 nitrogen and oxygen atoms in total. The van der Waals surface area contributed by atoms with Crippen molar-refractivity contribution in [1.29, 1.82) is 0 Å². The standard InChI is InChI=1S/C12H14N2O2/c1-7(6-13)8-2-3-10-9(4-8)5-11(14-10)12(15)16/h2-5,7,14H,6,13H2,1H3,(H,15,16). The molecular weight excluding hydrogens is 204 g/mol. The number of carbonyl (C=O) groups is 1. The van der Waals surface area contributed by atoms with Crippen LogP contribution in [-0.4, -0.2) is 22.6 Å². The summed E-state index contributed by atoms with van der Waals surface area (Å²) in [7, 11) is 0. The average Bonchev–Trinajstić information content (AvgIpc) is 2.70. The third-order valence-corrected chi connectivity index (χ3v) is 2.80. The first-order valence-corrected chi connectivity index (χ1v) is 5.18. The average molecular weight is 218 g/mol. The number of nitrogens with one attached hydrogen (secondary N) is 1. The zero-order valence-electron chi connectivity index (χ0n) is 9.03. The van der Waals surface area contributed by atoms with E-state index in [1.165, 1.54) is 0 Å². The second-order valence-corrected chi connectivity index (χ2v) is 3.97. The Morgan fingerprint density at radius 1 is 1.50 bits per heavy atom. The van der Waals surface area contributed by atoms with E-state index in [1.54, 1.807) is 6.07 Å². The number of hydrogen-bond acceptors (Lipinski definition) is 2. The zero-order chi connectivity index (χ0) is 11.7. The van der Waals surface area contributed by atoms with E-state index in [4.69, 9.17) is 10.8 Å². The summed E-state index contributed by atoms with van der Waals surface area (Å²) in [6.45, 7) is 2.63. The molecule has 4 N–H and O–H groups in total. The van der Waals surface area contributed by atoms with Gasteiger partial charge in [0.05, 0.1) is 0 Å². The molecule has 0 amide bonds. The van der Waals surface area contributed by atoms with Gasteiger partial charge in [0.1, 0.15) is 5.69 Å². The van der Waals surface area contributed by atoms with Crippen LogP contribution in [0.4, 0.5) is 0 Å². The quantitative estimate of drug-likeness (QED) is 0.736. The highest BCUT2D eigenvalue weighted by Crippen LogP contribution is 2.21. The number of H-pyrrole nitrogens is 1. The van der Waals surface area contributed by atoms with Gasteiger partial charge < -0.3 is 15.8 Å². The molecule has 0 fully saturated rings. The highest BCUT2D eigenvalue weighted by atomic mass is 16.4. The first-order chi connectivity index (χ1) is 7.61. The van der Waals surface area contributed by atoms with Gasteiger partial charge in [-0.2, -0.15) is 0 Å². The fourth-order valence-corrected chi connectivity index (χ4v) is 1.71. The van der Waals surface area contributed by atoms with Crippen molar-refractivity contribution in [3.05, 3.63) is 35.5 Å². The molecule has 0 bridgehead atoms. The SMILES string of the molecule is CC(CN)c1ccc2[nH]c(C(=O)O)cc2c1. The van der Waals surface area contributed by atoms with Crippen LogP contribution in [0.2, 0.25) is 0 Å². The molecule has 1 atom stereocenters. The highest BCUT2D eigenvalue weighted by Gasteiger charge is 2.09. The molecule has 0 saturated heterocycles. The molecule has 0 aliphatic carbocycles. The number of carboxylic acid groups (broad SMARTS) is 1. The Kier molecular flexibility index (Phi) is 2.66. The summed E-state index contributed by atoms with van der Waals surface area (Å²) in [6, 6.07) is 7.49. The van der Waals surface area contributed by atoms with Crippen LogP contribution < -0.4 is 5.73 Å². The third-order valence-electron chi connectivity index (χ3n) is 2.80. The molecule has 1 aromatic carbocycles. The van der Waals surface area contributed by atoms with Crippen LogP contribution in [0.1, 0.15) is 28.9 Å². The van der Waals surface area contributed by atoms with E-state index < -0.39 is 5.97 Å². The van der Waals surface area contributed by atoms with Gasteiger partial charge in [-0.25, -0.2) is 4.79 Å². The van der Waals surface area contributed by atoms with Gasteiger partial charge in [0.15, 0.2) is 0 Å². The van der Waals surface area contributed by atoms with Gasteiger partial charge in [-0.1, -0.05) is 13.0 Å². The summed E-state index contributed by atoms with van der Waals surface area (Å²) < 4.78 is 0. The molecule has 2 aromatic rings. The van der Waals surface area contributed by atoms with E-state index in [1.807, 2.05) is 25.1 Å². The molecule has 4 heteroatoms. The van der Waals surface area contributed by atoms with E-state index in [0.29, 0.717) is 6.54 Å². The van der Waals surface area contributed by atoms with Crippen LogP contribution in [0.15, 0.2) is 24.3 Å². The number of aromatic nitrogens is 1. The molecule has 0 spiro atoms. The Morgan fingerprint density at radius 3 is 2.88 bits per heavy atom. The Bertz CT molecular complexity index is 531. The van der Waals surface area contributed by atoms with Crippen molar-refractivity contribution >= 4 is 16.9 Å². The number of benzene rings is 1. The molecule has 0 saturated carbocycles. The molecule has 1 unspecified atom stereocenters. The van der Waals surface area contributed by atoms with Crippen molar-refractivity contribution < 1.29 is 9.90 Å². The van der Waals surface area contributed by atoms with Crippen LogP contribution >= 0.6 is 0 Å². The monoisotopic (exact) mass is 218 g/mol. The number of nitrogens with two attached hydrogens (primary N) is 1. The maximum Gasteiger partial charge on any atom is 0.352 e. The van der Waals surface area contributed by atoms with Crippen LogP contribution in [0.5, 0.6) is 0 Å². The first kappa shape index (κ1) is 10.7. The zero-order valence-corrected chi connectivity index (χ0v) is 9.03. The summed E-state index contributed by atoms with van der Waals surface area (Å²) >= 11 is 0. The van der Waals surface area contributed by atoms with E-state index in [0.717, 1.165) is 16.5 Å². The lowest BCUT2D eigenvalue weighted by atomic mass is 10.0. The van der Waals surface area contributed by atoms with Crippen molar-refractivity contribution in [1.82, 2.24) is 4.98 Å². The minimum atomic E-state index is -0.940. The van der Waals surface area contributed by atoms with Gasteiger partial charge >= 0.3 is 5.97 Å². The van der Waals surface area contributed by atoms with E-state index >= 15 is 0 Å². The number of rotatable bonds is 3. The van der Waals surface area contributed by atoms with Gasteiger partial charge in [0.25, 0.3) is 0 Å². The van der Waals surface area contributed by atoms with Crippen molar-refractivity contribution in [3.63, 3.8) is 0 Å². The van der Waals surface area contributed by atoms with Crippen molar-refractivity contribution in [2.45, 2.75) is 12.8 Å². The van der Waals surface area contributed by atoms with Gasteiger partial charge in [0, 0.05) is 10.9 Å². The molecule has 0 radical (unpaired) electrons. The van der Waals surface area contributed by atoms with Crippen molar-refractivity contribution in [3.8, 4) is 0 Å². The molecule has 1 heterocycles. The van der Waals surface area contributed by atoms with Gasteiger partial charge in [-0.05, 0) is 36.2 Å². The predicted molar refractivity (Wildman–Crippen MR) is 62.7 cm³/mol. The normalized spacial score (nSPS) is 12.9. The van der Waals surface area contributed by atoms with Gasteiger partial charge in [-0.3, -0.25) is 0 Å². The smallest absolute Gasteiger partial charge is 0.352 e. The van der Waals surface area contributed by atoms with Crippen LogP contribution in [0.25, 0.3) is 10.9 Å². The number of aromatic amines is 1. The van der Waals surface area contributed by atoms with E-state index in [-0.39, 0.29) is 11.6 Å². The second-order valence-electron chi connectivity index (χ2n) is 3.97. The largest absolute Gasteiger partial charge is 0.477 e. The fourth-order valence-electron chi connectivity index (χ4n) is 1.71. The van der Waals surface area contributed by atoms with Crippen LogP contribution in [-0.2, 0) is 0 Å². The molecule has 0 aliphatic heterocycles. The second kappa shape index (κ2) is 3.98. The summed E-state index contributed by atoms with van der Waals surface area (Å²) in [6.07, 6.45) is 0. The molecular formula is C12H14N2O2. The number of carboxylic acids is 1. The number of aromatic carboxylic acids is 1. The maximum absolute atomic E-state index is 10.8. The minimum absolute atomic E-state index is 0.215. The molecule has 1 aromatic heterocycles. The Labute approximate surface area is 93.1 Å². The van der Waals surface area contributed by atoms with Crippen molar-refractivity contribution in [2.75, 3.05) is 6.54 Å². The van der Waals surface area contributed by atoms with E-state index in [2.05, 4.69) is 4.98 Å². The Balaban J connectivity index is 2.49. The first-order valence-electron chi connectivity index (χ1n) is 5.18. The highest BCUT2D eigenvalue weighted by molar-refractivity contribution is 5.93. The third kappa shape index (κ3) is 1.79. The molecule has 0 aliphatic rings. The minimum Gasteiger partial charge on any atom is -0.477 e. The van der Waals surface area contributed by atoms with Gasteiger partial charge in [0.2, 0.25) is 0 Å². The lowest BCUT2D eigenvalue weighted by Gasteiger charge is -2.08. The van der Waals surface area contributed by atoms with Crippen LogP contribution in [0, 0.1) is 0 Å². The molecule has 84 valence electrons. The topological polar surface area (TPSA) is 79.1 Å². The fraction of sp³-hybridized carbons (Fsp3) is 0.250. The molecule has 16 heavy (non-hydrogen) atoms. The van der Waals surface area contributed by atoms with Gasteiger partial charge in [-0.15, -0.1) is 0 Å². The Hall–Kier alpha value is -1.81. The van der Waals surface area contributed by atoms with Crippen LogP contribution in [0.3, 0.4) is 0 Å². The predicted octanol–water partition coefficient (Wildman–Crippen LogP) is 1.93. The van der Waals surface area contributed by atoms with Crippen molar-refractivity contribution in [2.24, 2.45) is 5.73 Å².